The quantitative estimate of drug-likeness (QED) is 0.928. The van der Waals surface area contributed by atoms with E-state index >= 15 is 0 Å². The van der Waals surface area contributed by atoms with E-state index in [1.165, 1.54) is 12.1 Å². The van der Waals surface area contributed by atoms with Crippen molar-refractivity contribution in [3.05, 3.63) is 35.1 Å². The van der Waals surface area contributed by atoms with Gasteiger partial charge in [0.2, 0.25) is 11.8 Å². The molecule has 1 aromatic carbocycles. The Morgan fingerprint density at radius 2 is 2.10 bits per heavy atom. The van der Waals surface area contributed by atoms with Crippen LogP contribution in [0.5, 0.6) is 0 Å². The number of hydrogen-bond donors (Lipinski definition) is 1. The molecule has 1 aliphatic heterocycles. The number of carbonyl (C=O) groups excluding carboxylic acids is 2. The van der Waals surface area contributed by atoms with Crippen LogP contribution in [0.15, 0.2) is 18.2 Å². The lowest BCUT2D eigenvalue weighted by molar-refractivity contribution is -0.138. The summed E-state index contributed by atoms with van der Waals surface area (Å²) in [7, 11) is 0. The van der Waals surface area contributed by atoms with E-state index in [9.17, 15) is 14.0 Å². The summed E-state index contributed by atoms with van der Waals surface area (Å²) in [5, 5.41) is 2.79. The van der Waals surface area contributed by atoms with Crippen molar-refractivity contribution in [3.63, 3.8) is 0 Å². The van der Waals surface area contributed by atoms with Crippen molar-refractivity contribution in [3.8, 4) is 0 Å². The van der Waals surface area contributed by atoms with E-state index in [1.807, 2.05) is 13.8 Å². The molecule has 0 spiro atoms. The van der Waals surface area contributed by atoms with Crippen LogP contribution in [0.1, 0.15) is 37.8 Å². The molecule has 1 aromatic rings. The highest BCUT2D eigenvalue weighted by atomic mass is 19.1. The summed E-state index contributed by atoms with van der Waals surface area (Å²) in [5.74, 6) is -0.545. The Labute approximate surface area is 124 Å². The zero-order valence-corrected chi connectivity index (χ0v) is 12.7. The summed E-state index contributed by atoms with van der Waals surface area (Å²) < 4.78 is 13.4. The van der Waals surface area contributed by atoms with E-state index in [1.54, 1.807) is 17.9 Å². The van der Waals surface area contributed by atoms with E-state index in [4.69, 9.17) is 0 Å². The Kier molecular flexibility index (Phi) is 4.30. The van der Waals surface area contributed by atoms with Crippen molar-refractivity contribution >= 4 is 11.8 Å². The Morgan fingerprint density at radius 3 is 2.76 bits per heavy atom. The van der Waals surface area contributed by atoms with Gasteiger partial charge in [0, 0.05) is 19.5 Å². The molecule has 114 valence electrons. The molecule has 0 bridgehead atoms. The first-order valence-corrected chi connectivity index (χ1v) is 7.21. The standard InChI is InChI=1S/C16H21FN2O2/c1-4-16(3)15(21)19(8-7-14(20)18-16)10-12-9-13(17)6-5-11(12)2/h5-6,9H,4,7-8,10H2,1-3H3,(H,18,20). The lowest BCUT2D eigenvalue weighted by Crippen LogP contribution is -2.54. The van der Waals surface area contributed by atoms with Gasteiger partial charge >= 0.3 is 0 Å². The molecule has 1 saturated heterocycles. The molecule has 1 unspecified atom stereocenters. The number of benzene rings is 1. The van der Waals surface area contributed by atoms with Crippen LogP contribution < -0.4 is 5.32 Å². The fourth-order valence-corrected chi connectivity index (χ4v) is 2.52. The summed E-state index contributed by atoms with van der Waals surface area (Å²) in [5.41, 5.74) is 0.830. The predicted molar refractivity (Wildman–Crippen MR) is 78.0 cm³/mol. The van der Waals surface area contributed by atoms with Gasteiger partial charge in [0.1, 0.15) is 11.4 Å². The van der Waals surface area contributed by atoms with Gasteiger partial charge in [0.15, 0.2) is 0 Å². The van der Waals surface area contributed by atoms with Gasteiger partial charge < -0.3 is 10.2 Å². The zero-order chi connectivity index (χ0) is 15.6. The Balaban J connectivity index is 2.27. The Bertz CT molecular complexity index is 573. The van der Waals surface area contributed by atoms with Crippen LogP contribution in [0.3, 0.4) is 0 Å². The maximum absolute atomic E-state index is 13.4. The Morgan fingerprint density at radius 1 is 1.38 bits per heavy atom. The molecule has 2 amide bonds. The van der Waals surface area contributed by atoms with E-state index < -0.39 is 5.54 Å². The first kappa shape index (κ1) is 15.5. The minimum Gasteiger partial charge on any atom is -0.342 e. The van der Waals surface area contributed by atoms with E-state index in [0.29, 0.717) is 19.5 Å². The molecular formula is C16H21FN2O2. The zero-order valence-electron chi connectivity index (χ0n) is 12.7. The smallest absolute Gasteiger partial charge is 0.248 e. The van der Waals surface area contributed by atoms with Gasteiger partial charge in [-0.25, -0.2) is 4.39 Å². The van der Waals surface area contributed by atoms with Gasteiger partial charge in [-0.1, -0.05) is 13.0 Å². The topological polar surface area (TPSA) is 49.4 Å². The van der Waals surface area contributed by atoms with Crippen molar-refractivity contribution in [2.24, 2.45) is 0 Å². The molecule has 5 heteroatoms. The molecular weight excluding hydrogens is 271 g/mol. The molecule has 21 heavy (non-hydrogen) atoms. The minimum absolute atomic E-state index is 0.112. The molecule has 1 fully saturated rings. The van der Waals surface area contributed by atoms with Crippen LogP contribution in [0.2, 0.25) is 0 Å². The highest BCUT2D eigenvalue weighted by Gasteiger charge is 2.39. The monoisotopic (exact) mass is 292 g/mol. The van der Waals surface area contributed by atoms with Crippen LogP contribution in [0.4, 0.5) is 4.39 Å². The summed E-state index contributed by atoms with van der Waals surface area (Å²) in [6.07, 6.45) is 0.798. The number of nitrogens with one attached hydrogen (secondary N) is 1. The second-order valence-electron chi connectivity index (χ2n) is 5.78. The first-order valence-electron chi connectivity index (χ1n) is 7.21. The van der Waals surface area contributed by atoms with Gasteiger partial charge in [-0.2, -0.15) is 0 Å². The third-order valence-corrected chi connectivity index (χ3v) is 4.16. The molecule has 1 heterocycles. The van der Waals surface area contributed by atoms with Crippen molar-refractivity contribution in [1.29, 1.82) is 0 Å². The molecule has 1 atom stereocenters. The average Bonchev–Trinajstić information content (AvgIpc) is 2.55. The summed E-state index contributed by atoms with van der Waals surface area (Å²) in [6.45, 7) is 6.18. The molecule has 0 radical (unpaired) electrons. The van der Waals surface area contributed by atoms with Gasteiger partial charge in [0.25, 0.3) is 0 Å². The number of rotatable bonds is 3. The maximum Gasteiger partial charge on any atom is 0.248 e. The number of aryl methyl sites for hydroxylation is 1. The van der Waals surface area contributed by atoms with Crippen molar-refractivity contribution in [2.75, 3.05) is 6.54 Å². The van der Waals surface area contributed by atoms with Gasteiger partial charge in [-0.15, -0.1) is 0 Å². The third-order valence-electron chi connectivity index (χ3n) is 4.16. The molecule has 4 nitrogen and oxygen atoms in total. The summed E-state index contributed by atoms with van der Waals surface area (Å²) >= 11 is 0. The average molecular weight is 292 g/mol. The van der Waals surface area contributed by atoms with Gasteiger partial charge in [-0.05, 0) is 43.5 Å². The van der Waals surface area contributed by atoms with Crippen LogP contribution >= 0.6 is 0 Å². The molecule has 2 rings (SSSR count). The minimum atomic E-state index is -0.880. The largest absolute Gasteiger partial charge is 0.342 e. The number of halogens is 1. The van der Waals surface area contributed by atoms with E-state index in [2.05, 4.69) is 5.32 Å². The third kappa shape index (κ3) is 3.23. The van der Waals surface area contributed by atoms with E-state index in [0.717, 1.165) is 11.1 Å². The highest BCUT2D eigenvalue weighted by molar-refractivity contribution is 5.93. The van der Waals surface area contributed by atoms with Gasteiger partial charge in [0.05, 0.1) is 0 Å². The second kappa shape index (κ2) is 5.84. The van der Waals surface area contributed by atoms with Crippen molar-refractivity contribution in [2.45, 2.75) is 45.7 Å². The number of carbonyl (C=O) groups is 2. The number of amides is 2. The first-order chi connectivity index (χ1) is 9.85. The predicted octanol–water partition coefficient (Wildman–Crippen LogP) is 2.15. The van der Waals surface area contributed by atoms with Gasteiger partial charge in [-0.3, -0.25) is 9.59 Å². The molecule has 1 N–H and O–H groups in total. The SMILES string of the molecule is CCC1(C)NC(=O)CCN(Cc2cc(F)ccc2C)C1=O. The lowest BCUT2D eigenvalue weighted by atomic mass is 9.97. The molecule has 0 aromatic heterocycles. The Hall–Kier alpha value is -1.91. The normalized spacial score (nSPS) is 23.0. The lowest BCUT2D eigenvalue weighted by Gasteiger charge is -2.31. The molecule has 1 aliphatic rings. The fraction of sp³-hybridized carbons (Fsp3) is 0.500. The van der Waals surface area contributed by atoms with Crippen LogP contribution in [0, 0.1) is 12.7 Å². The fourth-order valence-electron chi connectivity index (χ4n) is 2.52. The highest BCUT2D eigenvalue weighted by Crippen LogP contribution is 2.21. The number of hydrogen-bond acceptors (Lipinski definition) is 2. The van der Waals surface area contributed by atoms with Crippen LogP contribution in [-0.4, -0.2) is 28.8 Å². The molecule has 0 aliphatic carbocycles. The van der Waals surface area contributed by atoms with Crippen LogP contribution in [-0.2, 0) is 16.1 Å². The van der Waals surface area contributed by atoms with Crippen molar-refractivity contribution in [1.82, 2.24) is 10.2 Å². The van der Waals surface area contributed by atoms with Crippen LogP contribution in [0.25, 0.3) is 0 Å². The van der Waals surface area contributed by atoms with Crippen molar-refractivity contribution < 1.29 is 14.0 Å². The van der Waals surface area contributed by atoms with E-state index in [-0.39, 0.29) is 24.1 Å². The number of nitrogens with zero attached hydrogens (tertiary/aromatic N) is 1. The second-order valence-corrected chi connectivity index (χ2v) is 5.78. The summed E-state index contributed by atoms with van der Waals surface area (Å²) in [6, 6.07) is 4.56. The maximum atomic E-state index is 13.4. The summed E-state index contributed by atoms with van der Waals surface area (Å²) in [4.78, 5) is 26.1. The molecule has 0 saturated carbocycles.